The number of carbonyl (C=O) groups is 2. The van der Waals surface area contributed by atoms with Gasteiger partial charge in [0.05, 0.1) is 18.2 Å². The molecule has 0 unspecified atom stereocenters. The average molecular weight is 311 g/mol. The minimum Gasteiger partial charge on any atom is -0.462 e. The summed E-state index contributed by atoms with van der Waals surface area (Å²) in [5.74, 6) is -0.394. The molecule has 0 aromatic carbocycles. The summed E-state index contributed by atoms with van der Waals surface area (Å²) in [7, 11) is 0. The first-order valence-corrected chi connectivity index (χ1v) is 8.29. The molecule has 0 fully saturated rings. The Morgan fingerprint density at radius 3 is 2.81 bits per heavy atom. The predicted octanol–water partition coefficient (Wildman–Crippen LogP) is 1.32. The van der Waals surface area contributed by atoms with E-state index in [4.69, 9.17) is 4.74 Å². The van der Waals surface area contributed by atoms with E-state index in [0.717, 1.165) is 24.8 Å². The van der Waals surface area contributed by atoms with Crippen molar-refractivity contribution in [3.05, 3.63) is 16.0 Å². The smallest absolute Gasteiger partial charge is 0.341 e. The molecule has 0 aliphatic heterocycles. The number of quaternary nitrogens is 1. The van der Waals surface area contributed by atoms with Gasteiger partial charge in [-0.3, -0.25) is 4.79 Å². The van der Waals surface area contributed by atoms with Crippen LogP contribution in [0.1, 0.15) is 48.0 Å². The third-order valence-electron chi connectivity index (χ3n) is 3.43. The van der Waals surface area contributed by atoms with Gasteiger partial charge < -0.3 is 15.4 Å². The number of esters is 1. The van der Waals surface area contributed by atoms with Crippen LogP contribution in [0.15, 0.2) is 0 Å². The van der Waals surface area contributed by atoms with E-state index in [1.165, 1.54) is 16.2 Å². The van der Waals surface area contributed by atoms with Crippen molar-refractivity contribution in [2.75, 3.05) is 18.5 Å². The number of ether oxygens (including phenoxy) is 1. The Kier molecular flexibility index (Phi) is 5.36. The molecule has 0 saturated carbocycles. The molecule has 0 saturated heterocycles. The summed E-state index contributed by atoms with van der Waals surface area (Å²) < 4.78 is 5.14. The third-order valence-corrected chi connectivity index (χ3v) is 4.64. The van der Waals surface area contributed by atoms with E-state index < -0.39 is 0 Å². The van der Waals surface area contributed by atoms with Crippen molar-refractivity contribution in [1.82, 2.24) is 0 Å². The van der Waals surface area contributed by atoms with Crippen LogP contribution in [0.5, 0.6) is 0 Å². The molecule has 0 bridgehead atoms. The van der Waals surface area contributed by atoms with Crippen molar-refractivity contribution in [2.24, 2.45) is 0 Å². The Morgan fingerprint density at radius 2 is 2.14 bits per heavy atom. The number of aryl methyl sites for hydroxylation is 1. The van der Waals surface area contributed by atoms with Gasteiger partial charge in [0, 0.05) is 4.88 Å². The maximum Gasteiger partial charge on any atom is 0.341 e. The van der Waals surface area contributed by atoms with Gasteiger partial charge in [0.15, 0.2) is 6.54 Å². The average Bonchev–Trinajstić information content (AvgIpc) is 2.96. The van der Waals surface area contributed by atoms with Crippen molar-refractivity contribution in [3.8, 4) is 0 Å². The number of fused-ring (bicyclic) bond motifs is 1. The minimum absolute atomic E-state index is 0.0748. The highest BCUT2D eigenvalue weighted by Gasteiger charge is 2.28. The third kappa shape index (κ3) is 3.83. The second-order valence-electron chi connectivity index (χ2n) is 5.51. The number of anilines is 1. The number of nitrogens with one attached hydrogen (secondary N) is 1. The Hall–Kier alpha value is -1.40. The minimum atomic E-state index is -0.319. The van der Waals surface area contributed by atoms with Crippen LogP contribution in [0.2, 0.25) is 0 Å². The zero-order valence-corrected chi connectivity index (χ0v) is 13.6. The van der Waals surface area contributed by atoms with Crippen molar-refractivity contribution in [1.29, 1.82) is 0 Å². The van der Waals surface area contributed by atoms with Gasteiger partial charge in [0.25, 0.3) is 5.91 Å². The molecule has 5 nitrogen and oxygen atoms in total. The van der Waals surface area contributed by atoms with Crippen LogP contribution in [0, 0.1) is 0 Å². The standard InChI is InChI=1S/C15H22N2O3S/c1-4-20-15(19)13-10-6-5-7-11(10)21-14(13)17-12(18)8-16-9(2)3/h9,16H,4-8H2,1-3H3,(H,17,18)/p+1. The second-order valence-corrected chi connectivity index (χ2v) is 6.62. The van der Waals surface area contributed by atoms with Gasteiger partial charge in [-0.2, -0.15) is 0 Å². The lowest BCUT2D eigenvalue weighted by molar-refractivity contribution is -0.672. The number of thiophene rings is 1. The van der Waals surface area contributed by atoms with E-state index in [1.54, 1.807) is 6.92 Å². The summed E-state index contributed by atoms with van der Waals surface area (Å²) in [6, 6.07) is 0.369. The first-order chi connectivity index (χ1) is 10.0. The van der Waals surface area contributed by atoms with Crippen LogP contribution in [0.3, 0.4) is 0 Å². The lowest BCUT2D eigenvalue weighted by Gasteiger charge is -2.08. The molecule has 116 valence electrons. The molecule has 21 heavy (non-hydrogen) atoms. The lowest BCUT2D eigenvalue weighted by Crippen LogP contribution is -2.90. The van der Waals surface area contributed by atoms with Crippen molar-refractivity contribution < 1.29 is 19.6 Å². The van der Waals surface area contributed by atoms with Gasteiger partial charge in [-0.05, 0) is 45.6 Å². The molecule has 1 heterocycles. The van der Waals surface area contributed by atoms with Gasteiger partial charge in [0.1, 0.15) is 5.00 Å². The highest BCUT2D eigenvalue weighted by molar-refractivity contribution is 7.17. The molecule has 1 amide bonds. The van der Waals surface area contributed by atoms with E-state index in [2.05, 4.69) is 5.32 Å². The highest BCUT2D eigenvalue weighted by Crippen LogP contribution is 2.39. The summed E-state index contributed by atoms with van der Waals surface area (Å²) in [6.45, 7) is 6.58. The van der Waals surface area contributed by atoms with Crippen LogP contribution >= 0.6 is 11.3 Å². The van der Waals surface area contributed by atoms with E-state index in [-0.39, 0.29) is 11.9 Å². The number of hydrogen-bond donors (Lipinski definition) is 2. The predicted molar refractivity (Wildman–Crippen MR) is 82.9 cm³/mol. The normalized spacial score (nSPS) is 13.3. The molecule has 1 aliphatic carbocycles. The molecule has 0 spiro atoms. The van der Waals surface area contributed by atoms with E-state index in [1.807, 2.05) is 19.2 Å². The van der Waals surface area contributed by atoms with Gasteiger partial charge in [0.2, 0.25) is 0 Å². The van der Waals surface area contributed by atoms with Crippen LogP contribution in [0.25, 0.3) is 0 Å². The molecule has 1 aliphatic rings. The van der Waals surface area contributed by atoms with Gasteiger partial charge >= 0.3 is 5.97 Å². The molecule has 2 rings (SSSR count). The first kappa shape index (κ1) is 16.0. The van der Waals surface area contributed by atoms with E-state index in [0.29, 0.717) is 29.8 Å². The number of amides is 1. The van der Waals surface area contributed by atoms with Gasteiger partial charge in [-0.15, -0.1) is 11.3 Å². The summed E-state index contributed by atoms with van der Waals surface area (Å²) in [5, 5.41) is 5.49. The number of carbonyl (C=O) groups excluding carboxylic acids is 2. The van der Waals surface area contributed by atoms with Crippen LogP contribution < -0.4 is 10.6 Å². The molecule has 6 heteroatoms. The summed E-state index contributed by atoms with van der Waals surface area (Å²) in [5.41, 5.74) is 1.65. The Balaban J connectivity index is 2.15. The maximum atomic E-state index is 12.2. The monoisotopic (exact) mass is 311 g/mol. The van der Waals surface area contributed by atoms with Crippen LogP contribution in [-0.4, -0.2) is 31.1 Å². The summed E-state index contributed by atoms with van der Waals surface area (Å²) in [4.78, 5) is 25.4. The molecule has 1 aromatic heterocycles. The molecule has 1 aromatic rings. The topological polar surface area (TPSA) is 72.0 Å². The fraction of sp³-hybridized carbons (Fsp3) is 0.600. The zero-order valence-electron chi connectivity index (χ0n) is 12.8. The highest BCUT2D eigenvalue weighted by atomic mass is 32.1. The van der Waals surface area contributed by atoms with Gasteiger partial charge in [-0.25, -0.2) is 4.79 Å². The fourth-order valence-corrected chi connectivity index (χ4v) is 3.73. The van der Waals surface area contributed by atoms with Crippen LogP contribution in [0.4, 0.5) is 5.00 Å². The van der Waals surface area contributed by atoms with Crippen LogP contribution in [-0.2, 0) is 22.4 Å². The summed E-state index contributed by atoms with van der Waals surface area (Å²) >= 11 is 1.52. The number of nitrogens with two attached hydrogens (primary N) is 1. The molecule has 0 radical (unpaired) electrons. The quantitative estimate of drug-likeness (QED) is 0.778. The van der Waals surface area contributed by atoms with Crippen molar-refractivity contribution in [2.45, 2.75) is 46.1 Å². The Morgan fingerprint density at radius 1 is 1.38 bits per heavy atom. The molecular weight excluding hydrogens is 288 g/mol. The number of rotatable bonds is 6. The first-order valence-electron chi connectivity index (χ1n) is 7.47. The maximum absolute atomic E-state index is 12.2. The number of hydrogen-bond acceptors (Lipinski definition) is 4. The SMILES string of the molecule is CCOC(=O)c1c(NC(=O)C[NH2+]C(C)C)sc2c1CCC2. The zero-order chi connectivity index (χ0) is 15.4. The van der Waals surface area contributed by atoms with E-state index >= 15 is 0 Å². The molecular formula is C15H23N2O3S+. The molecule has 0 atom stereocenters. The van der Waals surface area contributed by atoms with E-state index in [9.17, 15) is 9.59 Å². The van der Waals surface area contributed by atoms with Crippen molar-refractivity contribution in [3.63, 3.8) is 0 Å². The Bertz CT molecular complexity index is 537. The largest absolute Gasteiger partial charge is 0.462 e. The summed E-state index contributed by atoms with van der Waals surface area (Å²) in [6.07, 6.45) is 2.96. The second kappa shape index (κ2) is 7.04. The van der Waals surface area contributed by atoms with Crippen molar-refractivity contribution >= 4 is 28.2 Å². The Labute approximate surface area is 129 Å². The van der Waals surface area contributed by atoms with Gasteiger partial charge in [-0.1, -0.05) is 0 Å². The lowest BCUT2D eigenvalue weighted by atomic mass is 10.1. The fourth-order valence-electron chi connectivity index (χ4n) is 2.43. The molecule has 3 N–H and O–H groups in total.